The van der Waals surface area contributed by atoms with Gasteiger partial charge in [0.25, 0.3) is 0 Å². The van der Waals surface area contributed by atoms with Crippen LogP contribution in [0.5, 0.6) is 0 Å². The number of likely N-dealkylation sites (N-methyl/N-ethyl adjacent to an activating group) is 1. The van der Waals surface area contributed by atoms with Crippen LogP contribution < -0.4 is 5.73 Å². The van der Waals surface area contributed by atoms with Crippen molar-refractivity contribution in [3.8, 4) is 0 Å². The van der Waals surface area contributed by atoms with E-state index < -0.39 is 5.97 Å². The van der Waals surface area contributed by atoms with Crippen molar-refractivity contribution in [2.24, 2.45) is 5.73 Å². The van der Waals surface area contributed by atoms with E-state index in [9.17, 15) is 4.79 Å². The Kier molecular flexibility index (Phi) is 5.90. The van der Waals surface area contributed by atoms with E-state index in [-0.39, 0.29) is 0 Å². The third-order valence-corrected chi connectivity index (χ3v) is 3.99. The van der Waals surface area contributed by atoms with E-state index >= 15 is 0 Å². The molecule has 0 atom stereocenters. The molecule has 1 aromatic carbocycles. The van der Waals surface area contributed by atoms with Gasteiger partial charge in [-0.1, -0.05) is 19.9 Å². The standard InChI is InChI=1S/C17H24N4O2/c1-3-20(4-2)9-10-21-15-7-5-13(6-8-17(22)23)11-14(15)19-16(21)12-18/h5-8,11H,3-4,9-10,12,18H2,1-2H3,(H,22,23). The molecule has 2 rings (SSSR count). The van der Waals surface area contributed by atoms with Crippen molar-refractivity contribution < 1.29 is 9.90 Å². The van der Waals surface area contributed by atoms with E-state index in [1.807, 2.05) is 18.2 Å². The molecule has 0 bridgehead atoms. The lowest BCUT2D eigenvalue weighted by Crippen LogP contribution is -2.27. The Hall–Kier alpha value is -2.18. The topological polar surface area (TPSA) is 84.4 Å². The number of nitrogens with two attached hydrogens (primary N) is 1. The first-order valence-electron chi connectivity index (χ1n) is 7.91. The molecule has 0 spiro atoms. The molecule has 0 aliphatic rings. The highest BCUT2D eigenvalue weighted by Gasteiger charge is 2.10. The number of benzene rings is 1. The Bertz CT molecular complexity index is 702. The van der Waals surface area contributed by atoms with Crippen molar-refractivity contribution in [2.75, 3.05) is 19.6 Å². The van der Waals surface area contributed by atoms with E-state index in [1.165, 1.54) is 0 Å². The van der Waals surface area contributed by atoms with Gasteiger partial charge in [-0.3, -0.25) is 0 Å². The van der Waals surface area contributed by atoms with E-state index in [1.54, 1.807) is 6.08 Å². The summed E-state index contributed by atoms with van der Waals surface area (Å²) in [6.45, 7) is 8.52. The maximum Gasteiger partial charge on any atom is 0.328 e. The van der Waals surface area contributed by atoms with Crippen molar-refractivity contribution in [3.05, 3.63) is 35.7 Å². The third kappa shape index (κ3) is 4.18. The van der Waals surface area contributed by atoms with Gasteiger partial charge >= 0.3 is 5.97 Å². The van der Waals surface area contributed by atoms with E-state index in [0.29, 0.717) is 6.54 Å². The van der Waals surface area contributed by atoms with Gasteiger partial charge in [-0.15, -0.1) is 0 Å². The molecule has 0 unspecified atom stereocenters. The molecule has 1 aromatic heterocycles. The van der Waals surface area contributed by atoms with E-state index in [0.717, 1.165) is 54.7 Å². The van der Waals surface area contributed by atoms with Crippen molar-refractivity contribution >= 4 is 23.1 Å². The number of aliphatic carboxylic acids is 1. The Morgan fingerprint density at radius 1 is 1.39 bits per heavy atom. The fourth-order valence-electron chi connectivity index (χ4n) is 2.65. The lowest BCUT2D eigenvalue weighted by molar-refractivity contribution is -0.131. The Balaban J connectivity index is 2.31. The fraction of sp³-hybridized carbons (Fsp3) is 0.412. The molecule has 23 heavy (non-hydrogen) atoms. The summed E-state index contributed by atoms with van der Waals surface area (Å²) in [5, 5.41) is 8.72. The second-order valence-corrected chi connectivity index (χ2v) is 5.33. The largest absolute Gasteiger partial charge is 0.478 e. The summed E-state index contributed by atoms with van der Waals surface area (Å²) in [5.74, 6) is -0.107. The van der Waals surface area contributed by atoms with Crippen molar-refractivity contribution in [1.82, 2.24) is 14.5 Å². The van der Waals surface area contributed by atoms with Gasteiger partial charge in [0, 0.05) is 19.2 Å². The molecule has 0 aliphatic carbocycles. The lowest BCUT2D eigenvalue weighted by atomic mass is 10.2. The summed E-state index contributed by atoms with van der Waals surface area (Å²) in [6.07, 6.45) is 2.70. The maximum absolute atomic E-state index is 10.6. The molecular weight excluding hydrogens is 292 g/mol. The van der Waals surface area contributed by atoms with Crippen LogP contribution in [-0.2, 0) is 17.9 Å². The molecule has 2 aromatic rings. The van der Waals surface area contributed by atoms with Crippen LogP contribution in [0.3, 0.4) is 0 Å². The van der Waals surface area contributed by atoms with Gasteiger partial charge in [0.05, 0.1) is 17.6 Å². The highest BCUT2D eigenvalue weighted by Crippen LogP contribution is 2.19. The molecule has 6 nitrogen and oxygen atoms in total. The highest BCUT2D eigenvalue weighted by atomic mass is 16.4. The zero-order chi connectivity index (χ0) is 16.8. The van der Waals surface area contributed by atoms with Crippen LogP contribution in [-0.4, -0.2) is 45.2 Å². The number of nitrogens with zero attached hydrogens (tertiary/aromatic N) is 3. The minimum absolute atomic E-state index is 0.382. The fourth-order valence-corrected chi connectivity index (χ4v) is 2.65. The number of rotatable bonds is 8. The van der Waals surface area contributed by atoms with Crippen LogP contribution in [0.1, 0.15) is 25.2 Å². The number of imidazole rings is 1. The van der Waals surface area contributed by atoms with Crippen LogP contribution in [0.2, 0.25) is 0 Å². The van der Waals surface area contributed by atoms with Gasteiger partial charge in [-0.25, -0.2) is 9.78 Å². The lowest BCUT2D eigenvalue weighted by Gasteiger charge is -2.19. The van der Waals surface area contributed by atoms with Crippen LogP contribution in [0, 0.1) is 0 Å². The van der Waals surface area contributed by atoms with Crippen LogP contribution >= 0.6 is 0 Å². The number of carboxylic acids is 1. The first kappa shape index (κ1) is 17.2. The Morgan fingerprint density at radius 3 is 2.74 bits per heavy atom. The molecule has 0 aliphatic heterocycles. The Labute approximate surface area is 136 Å². The molecule has 1 heterocycles. The number of hydrogen-bond acceptors (Lipinski definition) is 4. The molecule has 0 radical (unpaired) electrons. The molecule has 0 saturated carbocycles. The third-order valence-electron chi connectivity index (χ3n) is 3.99. The van der Waals surface area contributed by atoms with Gasteiger partial charge in [-0.05, 0) is 36.9 Å². The minimum atomic E-state index is -0.961. The summed E-state index contributed by atoms with van der Waals surface area (Å²) < 4.78 is 2.15. The highest BCUT2D eigenvalue weighted by molar-refractivity contribution is 5.87. The summed E-state index contributed by atoms with van der Waals surface area (Å²) in [7, 11) is 0. The zero-order valence-corrected chi connectivity index (χ0v) is 13.7. The zero-order valence-electron chi connectivity index (χ0n) is 13.7. The first-order valence-corrected chi connectivity index (χ1v) is 7.91. The number of carbonyl (C=O) groups is 1. The second kappa shape index (κ2) is 7.89. The molecule has 0 fully saturated rings. The predicted molar refractivity (Wildman–Crippen MR) is 92.1 cm³/mol. The minimum Gasteiger partial charge on any atom is -0.478 e. The van der Waals surface area contributed by atoms with E-state index in [4.69, 9.17) is 10.8 Å². The molecular formula is C17H24N4O2. The number of hydrogen-bond donors (Lipinski definition) is 2. The van der Waals surface area contributed by atoms with E-state index in [2.05, 4.69) is 28.3 Å². The summed E-state index contributed by atoms with van der Waals surface area (Å²) in [5.41, 5.74) is 8.53. The van der Waals surface area contributed by atoms with Crippen LogP contribution in [0.15, 0.2) is 24.3 Å². The van der Waals surface area contributed by atoms with Gasteiger partial charge < -0.3 is 20.3 Å². The summed E-state index contributed by atoms with van der Waals surface area (Å²) in [4.78, 5) is 17.6. The molecule has 0 amide bonds. The predicted octanol–water partition coefficient (Wildman–Crippen LogP) is 1.93. The Morgan fingerprint density at radius 2 is 2.13 bits per heavy atom. The normalized spacial score (nSPS) is 11.8. The quantitative estimate of drug-likeness (QED) is 0.727. The average molecular weight is 316 g/mol. The van der Waals surface area contributed by atoms with Crippen molar-refractivity contribution in [2.45, 2.75) is 26.9 Å². The number of carboxylic acid groups (broad SMARTS) is 1. The van der Waals surface area contributed by atoms with Gasteiger partial charge in [0.1, 0.15) is 5.82 Å². The summed E-state index contributed by atoms with van der Waals surface area (Å²) >= 11 is 0. The average Bonchev–Trinajstić information content (AvgIpc) is 2.91. The van der Waals surface area contributed by atoms with Crippen LogP contribution in [0.4, 0.5) is 0 Å². The van der Waals surface area contributed by atoms with Crippen molar-refractivity contribution in [1.29, 1.82) is 0 Å². The van der Waals surface area contributed by atoms with Crippen LogP contribution in [0.25, 0.3) is 17.1 Å². The maximum atomic E-state index is 10.6. The first-order chi connectivity index (χ1) is 11.1. The molecule has 6 heteroatoms. The van der Waals surface area contributed by atoms with Gasteiger partial charge in [-0.2, -0.15) is 0 Å². The second-order valence-electron chi connectivity index (χ2n) is 5.33. The molecule has 0 saturated heterocycles. The molecule has 3 N–H and O–H groups in total. The SMILES string of the molecule is CCN(CC)CCn1c(CN)nc2cc(C=CC(=O)O)ccc21. The van der Waals surface area contributed by atoms with Gasteiger partial charge in [0.2, 0.25) is 0 Å². The number of aromatic nitrogens is 2. The monoisotopic (exact) mass is 316 g/mol. The number of fused-ring (bicyclic) bond motifs is 1. The summed E-state index contributed by atoms with van der Waals surface area (Å²) in [6, 6.07) is 5.77. The smallest absolute Gasteiger partial charge is 0.328 e. The molecule has 124 valence electrons. The van der Waals surface area contributed by atoms with Gasteiger partial charge in [0.15, 0.2) is 0 Å². The van der Waals surface area contributed by atoms with Crippen molar-refractivity contribution in [3.63, 3.8) is 0 Å².